The first-order valence-corrected chi connectivity index (χ1v) is 12.2. The average molecular weight is 531 g/mol. The minimum Gasteiger partial charge on any atom is -0.493 e. The summed E-state index contributed by atoms with van der Waals surface area (Å²) in [6.07, 6.45) is 10.4. The molecule has 0 atom stereocenters. The van der Waals surface area contributed by atoms with E-state index >= 15 is 0 Å². The van der Waals surface area contributed by atoms with Crippen molar-refractivity contribution in [3.8, 4) is 28.7 Å². The Morgan fingerprint density at radius 3 is 2.51 bits per heavy atom. The summed E-state index contributed by atoms with van der Waals surface area (Å²) in [6.45, 7) is 4.13. The van der Waals surface area contributed by atoms with Gasteiger partial charge < -0.3 is 29.6 Å². The summed E-state index contributed by atoms with van der Waals surface area (Å²) in [5.74, 6) is 3.08. The summed E-state index contributed by atoms with van der Waals surface area (Å²) in [7, 11) is 4.91. The molecule has 3 heterocycles. The molecule has 202 valence electrons. The highest BCUT2D eigenvalue weighted by Crippen LogP contribution is 2.36. The first kappa shape index (κ1) is 27.0. The van der Waals surface area contributed by atoms with Crippen molar-refractivity contribution in [3.05, 3.63) is 72.8 Å². The molecule has 0 bridgehead atoms. The maximum absolute atomic E-state index is 13.1. The number of benzene rings is 1. The second kappa shape index (κ2) is 12.5. The molecule has 0 aliphatic heterocycles. The first-order valence-electron chi connectivity index (χ1n) is 12.2. The highest BCUT2D eigenvalue weighted by Gasteiger charge is 2.20. The van der Waals surface area contributed by atoms with Gasteiger partial charge >= 0.3 is 0 Å². The van der Waals surface area contributed by atoms with Crippen LogP contribution in [0.5, 0.6) is 28.7 Å². The van der Waals surface area contributed by atoms with Crippen molar-refractivity contribution in [1.82, 2.24) is 25.1 Å². The molecule has 0 aliphatic rings. The molecule has 3 aromatic heterocycles. The Labute approximate surface area is 226 Å². The van der Waals surface area contributed by atoms with Crippen LogP contribution in [0.3, 0.4) is 0 Å². The van der Waals surface area contributed by atoms with E-state index in [1.54, 1.807) is 68.7 Å². The van der Waals surface area contributed by atoms with Crippen molar-refractivity contribution in [2.24, 2.45) is 0 Å². The van der Waals surface area contributed by atoms with E-state index in [0.29, 0.717) is 52.5 Å². The Bertz CT molecular complexity index is 1510. The quantitative estimate of drug-likeness (QED) is 0.261. The van der Waals surface area contributed by atoms with E-state index in [0.717, 1.165) is 5.39 Å². The number of hydrogen-bond donors (Lipinski definition) is 2. The molecule has 2 N–H and O–H groups in total. The number of fused-ring (bicyclic) bond motifs is 1. The van der Waals surface area contributed by atoms with Crippen LogP contribution in [0.4, 0.5) is 5.82 Å². The van der Waals surface area contributed by atoms with E-state index in [4.69, 9.17) is 18.9 Å². The molecule has 4 rings (SSSR count). The van der Waals surface area contributed by atoms with Gasteiger partial charge in [0.1, 0.15) is 23.1 Å². The van der Waals surface area contributed by atoms with Gasteiger partial charge in [-0.2, -0.15) is 5.10 Å². The summed E-state index contributed by atoms with van der Waals surface area (Å²) in [5, 5.41) is 11.0. The number of rotatable bonds is 11. The number of carbonyl (C=O) groups is 1. The third-order valence-corrected chi connectivity index (χ3v) is 5.56. The molecule has 0 aliphatic carbocycles. The Morgan fingerprint density at radius 1 is 1.05 bits per heavy atom. The van der Waals surface area contributed by atoms with Gasteiger partial charge in [-0.05, 0) is 44.2 Å². The van der Waals surface area contributed by atoms with Gasteiger partial charge in [-0.1, -0.05) is 12.2 Å². The SMILES string of the molecule is C/C=C\C=C(/NC)n1cc(OCC)c(C(=O)Nc2ccc(Oc3ccnc4cc(OC)c(OC)cc34)cn2)n1. The molecule has 0 unspecified atom stereocenters. The lowest BCUT2D eigenvalue weighted by Crippen LogP contribution is -2.17. The van der Waals surface area contributed by atoms with Crippen LogP contribution in [0.2, 0.25) is 0 Å². The third-order valence-electron chi connectivity index (χ3n) is 5.56. The largest absolute Gasteiger partial charge is 0.493 e. The normalized spacial score (nSPS) is 11.5. The molecule has 0 spiro atoms. The molecular weight excluding hydrogens is 500 g/mol. The van der Waals surface area contributed by atoms with Crippen LogP contribution in [-0.4, -0.2) is 53.5 Å². The van der Waals surface area contributed by atoms with Crippen LogP contribution in [0, 0.1) is 0 Å². The summed E-state index contributed by atoms with van der Waals surface area (Å²) in [6, 6.07) is 8.69. The van der Waals surface area contributed by atoms with Crippen molar-refractivity contribution >= 4 is 28.4 Å². The van der Waals surface area contributed by atoms with Crippen molar-refractivity contribution in [3.63, 3.8) is 0 Å². The van der Waals surface area contributed by atoms with Crippen molar-refractivity contribution in [2.75, 3.05) is 33.2 Å². The standard InChI is InChI=1S/C28H30N6O5/c1-6-8-9-26(29-3)34-17-24(38-7-2)27(33-34)28(35)32-25-11-10-18(16-31-25)39-21-12-13-30-20-15-23(37-5)22(36-4)14-19(20)21/h6,8-17,29H,7H2,1-5H3,(H,31,32,35)/b8-6-,26-9+. The third kappa shape index (κ3) is 6.09. The molecule has 4 aromatic rings. The number of hydrogen-bond acceptors (Lipinski definition) is 9. The number of ether oxygens (including phenoxy) is 4. The summed E-state index contributed by atoms with van der Waals surface area (Å²) in [5.41, 5.74) is 0.821. The number of carbonyl (C=O) groups excluding carboxylic acids is 1. The zero-order valence-corrected chi connectivity index (χ0v) is 22.4. The van der Waals surface area contributed by atoms with Crippen molar-refractivity contribution in [2.45, 2.75) is 13.8 Å². The van der Waals surface area contributed by atoms with Gasteiger partial charge in [-0.3, -0.25) is 9.78 Å². The fourth-order valence-corrected chi connectivity index (χ4v) is 3.72. The lowest BCUT2D eigenvalue weighted by atomic mass is 10.2. The lowest BCUT2D eigenvalue weighted by Gasteiger charge is -2.12. The fourth-order valence-electron chi connectivity index (χ4n) is 3.72. The number of allylic oxidation sites excluding steroid dienone is 3. The monoisotopic (exact) mass is 530 g/mol. The van der Waals surface area contributed by atoms with Crippen LogP contribution in [0.25, 0.3) is 16.7 Å². The number of amides is 1. The molecule has 11 nitrogen and oxygen atoms in total. The lowest BCUT2D eigenvalue weighted by molar-refractivity contribution is 0.101. The number of anilines is 1. The van der Waals surface area contributed by atoms with Gasteiger partial charge in [0.15, 0.2) is 22.9 Å². The van der Waals surface area contributed by atoms with E-state index in [2.05, 4.69) is 25.7 Å². The summed E-state index contributed by atoms with van der Waals surface area (Å²) in [4.78, 5) is 21.8. The summed E-state index contributed by atoms with van der Waals surface area (Å²) < 4.78 is 24.0. The van der Waals surface area contributed by atoms with Crippen LogP contribution in [0.15, 0.2) is 67.2 Å². The van der Waals surface area contributed by atoms with Gasteiger partial charge in [0.25, 0.3) is 5.91 Å². The van der Waals surface area contributed by atoms with E-state index in [-0.39, 0.29) is 5.69 Å². The molecule has 0 saturated heterocycles. The first-order chi connectivity index (χ1) is 19.0. The zero-order valence-electron chi connectivity index (χ0n) is 22.4. The number of nitrogens with one attached hydrogen (secondary N) is 2. The van der Waals surface area contributed by atoms with E-state index in [9.17, 15) is 4.79 Å². The van der Waals surface area contributed by atoms with E-state index in [1.807, 2.05) is 32.1 Å². The minimum atomic E-state index is -0.457. The molecule has 0 saturated carbocycles. The van der Waals surface area contributed by atoms with Crippen LogP contribution < -0.4 is 29.6 Å². The predicted molar refractivity (Wildman–Crippen MR) is 149 cm³/mol. The van der Waals surface area contributed by atoms with Crippen LogP contribution >= 0.6 is 0 Å². The van der Waals surface area contributed by atoms with Crippen molar-refractivity contribution < 1.29 is 23.7 Å². The van der Waals surface area contributed by atoms with Gasteiger partial charge in [0.2, 0.25) is 0 Å². The molecule has 0 fully saturated rings. The second-order valence-electron chi connectivity index (χ2n) is 8.02. The molecule has 39 heavy (non-hydrogen) atoms. The Hall–Kier alpha value is -5.06. The number of nitrogens with zero attached hydrogens (tertiary/aromatic N) is 4. The zero-order chi connectivity index (χ0) is 27.8. The number of methoxy groups -OCH3 is 2. The van der Waals surface area contributed by atoms with E-state index in [1.165, 1.54) is 6.20 Å². The van der Waals surface area contributed by atoms with Gasteiger partial charge in [-0.25, -0.2) is 9.67 Å². The summed E-state index contributed by atoms with van der Waals surface area (Å²) >= 11 is 0. The number of pyridine rings is 2. The Morgan fingerprint density at radius 2 is 1.85 bits per heavy atom. The van der Waals surface area contributed by atoms with Crippen LogP contribution in [-0.2, 0) is 0 Å². The maximum atomic E-state index is 13.1. The Kier molecular flexibility index (Phi) is 8.62. The van der Waals surface area contributed by atoms with Crippen molar-refractivity contribution in [1.29, 1.82) is 0 Å². The topological polar surface area (TPSA) is 122 Å². The van der Waals surface area contributed by atoms with Gasteiger partial charge in [0, 0.05) is 24.7 Å². The molecule has 11 heteroatoms. The highest BCUT2D eigenvalue weighted by atomic mass is 16.5. The average Bonchev–Trinajstić information content (AvgIpc) is 3.38. The second-order valence-corrected chi connectivity index (χ2v) is 8.02. The maximum Gasteiger partial charge on any atom is 0.281 e. The predicted octanol–water partition coefficient (Wildman–Crippen LogP) is 4.88. The van der Waals surface area contributed by atoms with E-state index < -0.39 is 5.91 Å². The number of aromatic nitrogens is 4. The van der Waals surface area contributed by atoms with Gasteiger partial charge in [0.05, 0.1) is 38.7 Å². The highest BCUT2D eigenvalue weighted by molar-refractivity contribution is 6.04. The molecule has 0 radical (unpaired) electrons. The minimum absolute atomic E-state index is 0.133. The van der Waals surface area contributed by atoms with Crippen LogP contribution in [0.1, 0.15) is 24.3 Å². The van der Waals surface area contributed by atoms with Gasteiger partial charge in [-0.15, -0.1) is 0 Å². The fraction of sp³-hybridized carbons (Fsp3) is 0.214. The molecule has 1 amide bonds. The molecular formula is C28H30N6O5. The smallest absolute Gasteiger partial charge is 0.281 e. The Balaban J connectivity index is 1.53. The molecule has 1 aromatic carbocycles.